The molecule has 0 bridgehead atoms. The summed E-state index contributed by atoms with van der Waals surface area (Å²) in [7, 11) is 0. The fourth-order valence-electron chi connectivity index (χ4n) is 0.998. The van der Waals surface area contributed by atoms with Crippen LogP contribution in [0.5, 0.6) is 0 Å². The average molecular weight is 273 g/mol. The van der Waals surface area contributed by atoms with E-state index >= 15 is 0 Å². The third-order valence-electron chi connectivity index (χ3n) is 1.70. The molecule has 92 valence electrons. The molecule has 2 N–H and O–H groups in total. The summed E-state index contributed by atoms with van der Waals surface area (Å²) in [6.07, 6.45) is 0.245. The van der Waals surface area contributed by atoms with Crippen LogP contribution in [-0.4, -0.2) is 34.4 Å². The maximum Gasteiger partial charge on any atom is 0.313 e. The van der Waals surface area contributed by atoms with Gasteiger partial charge in [-0.3, -0.25) is 14.4 Å². The molecule has 1 aromatic heterocycles. The van der Waals surface area contributed by atoms with E-state index in [0.29, 0.717) is 11.8 Å². The second kappa shape index (κ2) is 7.08. The SMILES string of the molecule is O=C(O)CSC(=O)CNC(=O)Cc1cccs1. The number of carboxylic acid groups (broad SMARTS) is 1. The summed E-state index contributed by atoms with van der Waals surface area (Å²) in [5.74, 6) is -1.57. The summed E-state index contributed by atoms with van der Waals surface area (Å²) in [5, 5.41) is 12.3. The van der Waals surface area contributed by atoms with Crippen LogP contribution in [0, 0.1) is 0 Å². The van der Waals surface area contributed by atoms with Crippen molar-refractivity contribution in [3.8, 4) is 0 Å². The van der Waals surface area contributed by atoms with Gasteiger partial charge in [0.1, 0.15) is 0 Å². The topological polar surface area (TPSA) is 83.5 Å². The number of nitrogens with one attached hydrogen (secondary N) is 1. The third kappa shape index (κ3) is 6.08. The van der Waals surface area contributed by atoms with Gasteiger partial charge < -0.3 is 10.4 Å². The fraction of sp³-hybridized carbons (Fsp3) is 0.300. The number of hydrogen-bond donors (Lipinski definition) is 2. The number of thioether (sulfide) groups is 1. The van der Waals surface area contributed by atoms with Gasteiger partial charge in [0, 0.05) is 4.88 Å². The van der Waals surface area contributed by atoms with Gasteiger partial charge in [0.05, 0.1) is 18.7 Å². The maximum atomic E-state index is 11.4. The number of rotatable bonds is 6. The normalized spacial score (nSPS) is 9.88. The number of thiophene rings is 1. The van der Waals surface area contributed by atoms with Gasteiger partial charge in [-0.1, -0.05) is 17.8 Å². The zero-order valence-electron chi connectivity index (χ0n) is 8.84. The van der Waals surface area contributed by atoms with E-state index in [0.717, 1.165) is 4.88 Å². The van der Waals surface area contributed by atoms with Crippen molar-refractivity contribution < 1.29 is 19.5 Å². The largest absolute Gasteiger partial charge is 0.481 e. The first-order valence-corrected chi connectivity index (χ1v) is 6.61. The molecule has 0 atom stereocenters. The van der Waals surface area contributed by atoms with Crippen molar-refractivity contribution in [2.45, 2.75) is 6.42 Å². The van der Waals surface area contributed by atoms with E-state index in [-0.39, 0.29) is 29.7 Å². The Morgan fingerprint density at radius 2 is 2.18 bits per heavy atom. The van der Waals surface area contributed by atoms with Gasteiger partial charge in [0.2, 0.25) is 11.0 Å². The highest BCUT2D eigenvalue weighted by atomic mass is 32.2. The molecule has 1 amide bonds. The van der Waals surface area contributed by atoms with E-state index in [1.165, 1.54) is 11.3 Å². The van der Waals surface area contributed by atoms with Crippen molar-refractivity contribution in [3.05, 3.63) is 22.4 Å². The molecule has 0 unspecified atom stereocenters. The first kappa shape index (κ1) is 13.7. The fourth-order valence-corrected chi connectivity index (χ4v) is 2.16. The summed E-state index contributed by atoms with van der Waals surface area (Å²) in [6.45, 7) is -0.137. The van der Waals surface area contributed by atoms with Crippen LogP contribution in [0.1, 0.15) is 4.88 Å². The zero-order chi connectivity index (χ0) is 12.7. The molecule has 0 aliphatic rings. The monoisotopic (exact) mass is 273 g/mol. The quantitative estimate of drug-likeness (QED) is 0.799. The van der Waals surface area contributed by atoms with Crippen LogP contribution < -0.4 is 5.32 Å². The molecule has 17 heavy (non-hydrogen) atoms. The highest BCUT2D eigenvalue weighted by Gasteiger charge is 2.09. The van der Waals surface area contributed by atoms with Crippen LogP contribution in [0.15, 0.2) is 17.5 Å². The predicted molar refractivity (Wildman–Crippen MR) is 66.1 cm³/mol. The summed E-state index contributed by atoms with van der Waals surface area (Å²) in [6, 6.07) is 3.69. The van der Waals surface area contributed by atoms with Gasteiger partial charge in [0.15, 0.2) is 0 Å². The molecule has 0 radical (unpaired) electrons. The first-order chi connectivity index (χ1) is 8.08. The molecular formula is C10H11NO4S2. The Kier molecular flexibility index (Phi) is 5.71. The van der Waals surface area contributed by atoms with Crippen LogP contribution in [0.3, 0.4) is 0 Å². The highest BCUT2D eigenvalue weighted by Crippen LogP contribution is 2.08. The molecule has 7 heteroatoms. The minimum atomic E-state index is -1.05. The van der Waals surface area contributed by atoms with E-state index in [1.807, 2.05) is 17.5 Å². The molecule has 0 aromatic carbocycles. The number of amides is 1. The Bertz CT molecular complexity index is 402. The molecule has 0 saturated heterocycles. The Morgan fingerprint density at radius 3 is 2.76 bits per heavy atom. The van der Waals surface area contributed by atoms with Gasteiger partial charge in [0.25, 0.3) is 0 Å². The van der Waals surface area contributed by atoms with Crippen LogP contribution in [-0.2, 0) is 20.8 Å². The van der Waals surface area contributed by atoms with E-state index in [9.17, 15) is 14.4 Å². The average Bonchev–Trinajstić information content (AvgIpc) is 2.76. The summed E-state index contributed by atoms with van der Waals surface area (Å²) >= 11 is 2.15. The molecule has 0 spiro atoms. The van der Waals surface area contributed by atoms with Gasteiger partial charge in [-0.2, -0.15) is 0 Å². The third-order valence-corrected chi connectivity index (χ3v) is 3.44. The minimum Gasteiger partial charge on any atom is -0.481 e. The molecule has 1 heterocycles. The van der Waals surface area contributed by atoms with E-state index < -0.39 is 5.97 Å². The van der Waals surface area contributed by atoms with E-state index in [2.05, 4.69) is 5.32 Å². The summed E-state index contributed by atoms with van der Waals surface area (Å²) < 4.78 is 0. The molecule has 5 nitrogen and oxygen atoms in total. The standard InChI is InChI=1S/C10H11NO4S2/c12-8(4-7-2-1-3-16-7)11-5-10(15)17-6-9(13)14/h1-3H,4-6H2,(H,11,12)(H,13,14). The Hall–Kier alpha value is -1.34. The molecule has 0 saturated carbocycles. The van der Waals surface area contributed by atoms with Crippen molar-refractivity contribution in [1.82, 2.24) is 5.32 Å². The van der Waals surface area contributed by atoms with Gasteiger partial charge >= 0.3 is 5.97 Å². The lowest BCUT2D eigenvalue weighted by atomic mass is 10.3. The van der Waals surface area contributed by atoms with Crippen molar-refractivity contribution in [2.24, 2.45) is 0 Å². The first-order valence-electron chi connectivity index (χ1n) is 4.74. The van der Waals surface area contributed by atoms with Crippen LogP contribution in [0.25, 0.3) is 0 Å². The predicted octanol–water partition coefficient (Wildman–Crippen LogP) is 0.751. The van der Waals surface area contributed by atoms with Crippen LogP contribution in [0.2, 0.25) is 0 Å². The number of carboxylic acids is 1. The maximum absolute atomic E-state index is 11.4. The lowest BCUT2D eigenvalue weighted by Gasteiger charge is -2.02. The van der Waals surface area contributed by atoms with Crippen molar-refractivity contribution in [3.63, 3.8) is 0 Å². The van der Waals surface area contributed by atoms with Crippen LogP contribution in [0.4, 0.5) is 0 Å². The van der Waals surface area contributed by atoms with E-state index in [4.69, 9.17) is 5.11 Å². The molecule has 1 rings (SSSR count). The number of carbonyl (C=O) groups excluding carboxylic acids is 2. The Labute approximate surface area is 106 Å². The van der Waals surface area contributed by atoms with E-state index in [1.54, 1.807) is 0 Å². The molecular weight excluding hydrogens is 262 g/mol. The molecule has 0 fully saturated rings. The summed E-state index contributed by atoms with van der Waals surface area (Å²) in [5.41, 5.74) is 0. The van der Waals surface area contributed by atoms with Crippen molar-refractivity contribution >= 4 is 40.1 Å². The van der Waals surface area contributed by atoms with Crippen molar-refractivity contribution in [2.75, 3.05) is 12.3 Å². The minimum absolute atomic E-state index is 0.137. The lowest BCUT2D eigenvalue weighted by Crippen LogP contribution is -2.29. The van der Waals surface area contributed by atoms with Crippen LogP contribution >= 0.6 is 23.1 Å². The number of aliphatic carboxylic acids is 1. The number of carbonyl (C=O) groups is 3. The second-order valence-corrected chi connectivity index (χ2v) is 5.15. The lowest BCUT2D eigenvalue weighted by molar-refractivity contribution is -0.134. The number of hydrogen-bond acceptors (Lipinski definition) is 5. The molecule has 0 aliphatic carbocycles. The van der Waals surface area contributed by atoms with Gasteiger partial charge in [-0.05, 0) is 11.4 Å². The highest BCUT2D eigenvalue weighted by molar-refractivity contribution is 8.14. The molecule has 1 aromatic rings. The van der Waals surface area contributed by atoms with Crippen molar-refractivity contribution in [1.29, 1.82) is 0 Å². The van der Waals surface area contributed by atoms with Gasteiger partial charge in [-0.25, -0.2) is 0 Å². The second-order valence-electron chi connectivity index (χ2n) is 3.09. The molecule has 0 aliphatic heterocycles. The summed E-state index contributed by atoms with van der Waals surface area (Å²) in [4.78, 5) is 33.6. The van der Waals surface area contributed by atoms with Gasteiger partial charge in [-0.15, -0.1) is 11.3 Å². The Balaban J connectivity index is 2.19. The smallest absolute Gasteiger partial charge is 0.313 e. The zero-order valence-corrected chi connectivity index (χ0v) is 10.5. The Morgan fingerprint density at radius 1 is 1.41 bits per heavy atom.